The Kier molecular flexibility index (Phi) is 6.98. The van der Waals surface area contributed by atoms with E-state index in [0.717, 1.165) is 18.4 Å². The molecule has 2 aromatic rings. The molecule has 196 valence electrons. The van der Waals surface area contributed by atoms with Gasteiger partial charge in [0, 0.05) is 19.6 Å². The van der Waals surface area contributed by atoms with E-state index in [-0.39, 0.29) is 31.3 Å². The molecular weight excluding hydrogens is 495 g/mol. The SMILES string of the molecule is O=C(O)CC(c1cccc(OCC2(F)CN(Cc3cc(C(F)(F)F)ccc3C(F)(F)F)C2)c1)C1CC1. The third-order valence-corrected chi connectivity index (χ3v) is 6.52. The van der Waals surface area contributed by atoms with Crippen LogP contribution in [0, 0.1) is 5.92 Å². The highest BCUT2D eigenvalue weighted by Crippen LogP contribution is 2.45. The minimum Gasteiger partial charge on any atom is -0.490 e. The number of aliphatic carboxylic acids is 1. The largest absolute Gasteiger partial charge is 0.490 e. The molecule has 1 aliphatic carbocycles. The number of carboxylic acids is 1. The molecule has 0 spiro atoms. The molecular formula is C25H24F7NO3. The minimum absolute atomic E-state index is 0.0222. The van der Waals surface area contributed by atoms with Gasteiger partial charge in [0.15, 0.2) is 5.67 Å². The molecule has 2 aliphatic rings. The smallest absolute Gasteiger partial charge is 0.416 e. The Bertz CT molecular complexity index is 1110. The first-order chi connectivity index (χ1) is 16.7. The van der Waals surface area contributed by atoms with Crippen LogP contribution in [0.15, 0.2) is 42.5 Å². The highest BCUT2D eigenvalue weighted by molar-refractivity contribution is 5.68. The Morgan fingerprint density at radius 2 is 1.75 bits per heavy atom. The van der Waals surface area contributed by atoms with Crippen molar-refractivity contribution in [1.29, 1.82) is 0 Å². The quantitative estimate of drug-likeness (QED) is 0.396. The van der Waals surface area contributed by atoms with Crippen LogP contribution in [0.3, 0.4) is 0 Å². The lowest BCUT2D eigenvalue weighted by molar-refractivity contribution is -0.142. The molecule has 0 radical (unpaired) electrons. The lowest BCUT2D eigenvalue weighted by Gasteiger charge is -2.44. The summed E-state index contributed by atoms with van der Waals surface area (Å²) in [5.74, 6) is -0.456. The van der Waals surface area contributed by atoms with Crippen LogP contribution in [-0.2, 0) is 23.7 Å². The van der Waals surface area contributed by atoms with E-state index >= 15 is 4.39 Å². The summed E-state index contributed by atoms with van der Waals surface area (Å²) in [5.41, 5.74) is -4.06. The number of hydrogen-bond acceptors (Lipinski definition) is 3. The van der Waals surface area contributed by atoms with E-state index < -0.39 is 53.8 Å². The van der Waals surface area contributed by atoms with Gasteiger partial charge in [-0.1, -0.05) is 12.1 Å². The van der Waals surface area contributed by atoms with Gasteiger partial charge in [0.2, 0.25) is 0 Å². The van der Waals surface area contributed by atoms with Crippen LogP contribution in [0.4, 0.5) is 30.7 Å². The Labute approximate surface area is 202 Å². The molecule has 2 fully saturated rings. The summed E-state index contributed by atoms with van der Waals surface area (Å²) in [4.78, 5) is 12.5. The molecule has 0 amide bonds. The number of rotatable bonds is 9. The van der Waals surface area contributed by atoms with Crippen molar-refractivity contribution in [3.63, 3.8) is 0 Å². The van der Waals surface area contributed by atoms with Crippen LogP contribution in [0.1, 0.15) is 47.4 Å². The zero-order chi connectivity index (χ0) is 26.3. The standard InChI is InChI=1S/C25H24F7NO3/c26-23(14-36-19-3-1-2-16(9-19)20(10-22(34)35)15-4-5-15)12-33(13-23)11-17-8-18(24(27,28)29)6-7-21(17)25(30,31)32/h1-3,6-9,15,20H,4-5,10-14H2,(H,34,35). The Hall–Kier alpha value is -2.82. The topological polar surface area (TPSA) is 49.8 Å². The van der Waals surface area contributed by atoms with E-state index in [9.17, 15) is 36.2 Å². The second-order valence-corrected chi connectivity index (χ2v) is 9.57. The lowest BCUT2D eigenvalue weighted by Crippen LogP contribution is -2.61. The summed E-state index contributed by atoms with van der Waals surface area (Å²) in [6, 6.07) is 7.99. The molecule has 2 aromatic carbocycles. The number of carboxylic acid groups (broad SMARTS) is 1. The maximum atomic E-state index is 15.1. The normalized spacial score (nSPS) is 19.0. The summed E-state index contributed by atoms with van der Waals surface area (Å²) < 4.78 is 99.5. The van der Waals surface area contributed by atoms with Gasteiger partial charge in [-0.25, -0.2) is 4.39 Å². The predicted octanol–water partition coefficient (Wildman–Crippen LogP) is 6.30. The minimum atomic E-state index is -4.84. The van der Waals surface area contributed by atoms with Gasteiger partial charge in [-0.15, -0.1) is 0 Å². The molecule has 1 atom stereocenters. The average molecular weight is 519 g/mol. The zero-order valence-corrected chi connectivity index (χ0v) is 19.0. The molecule has 0 bridgehead atoms. The van der Waals surface area contributed by atoms with Crippen molar-refractivity contribution < 1.29 is 45.4 Å². The van der Waals surface area contributed by atoms with Gasteiger partial charge in [-0.05, 0) is 66.1 Å². The van der Waals surface area contributed by atoms with Crippen LogP contribution in [0.25, 0.3) is 0 Å². The van der Waals surface area contributed by atoms with Crippen molar-refractivity contribution >= 4 is 5.97 Å². The second kappa shape index (κ2) is 9.57. The maximum Gasteiger partial charge on any atom is 0.416 e. The first-order valence-corrected chi connectivity index (χ1v) is 11.4. The van der Waals surface area contributed by atoms with Crippen LogP contribution in [-0.4, -0.2) is 41.3 Å². The van der Waals surface area contributed by atoms with Crippen molar-refractivity contribution in [3.8, 4) is 5.75 Å². The fraction of sp³-hybridized carbons (Fsp3) is 0.480. The first-order valence-electron chi connectivity index (χ1n) is 11.4. The van der Waals surface area contributed by atoms with E-state index in [1.54, 1.807) is 24.3 Å². The molecule has 36 heavy (non-hydrogen) atoms. The monoisotopic (exact) mass is 519 g/mol. The van der Waals surface area contributed by atoms with Gasteiger partial charge < -0.3 is 9.84 Å². The van der Waals surface area contributed by atoms with Gasteiger partial charge >= 0.3 is 18.3 Å². The molecule has 0 aromatic heterocycles. The van der Waals surface area contributed by atoms with E-state index in [4.69, 9.17) is 4.74 Å². The molecule has 1 heterocycles. The van der Waals surface area contributed by atoms with Crippen LogP contribution in [0.5, 0.6) is 5.75 Å². The highest BCUT2D eigenvalue weighted by atomic mass is 19.4. The Morgan fingerprint density at radius 1 is 1.06 bits per heavy atom. The Morgan fingerprint density at radius 3 is 2.33 bits per heavy atom. The zero-order valence-electron chi connectivity index (χ0n) is 19.0. The van der Waals surface area contributed by atoms with E-state index in [2.05, 4.69) is 0 Å². The number of carbonyl (C=O) groups is 1. The van der Waals surface area contributed by atoms with Gasteiger partial charge in [0.25, 0.3) is 0 Å². The van der Waals surface area contributed by atoms with Crippen LogP contribution in [0.2, 0.25) is 0 Å². The van der Waals surface area contributed by atoms with E-state index in [1.165, 1.54) is 4.90 Å². The third kappa shape index (κ3) is 6.29. The lowest BCUT2D eigenvalue weighted by atomic mass is 9.91. The van der Waals surface area contributed by atoms with E-state index in [1.807, 2.05) is 0 Å². The fourth-order valence-electron chi connectivity index (χ4n) is 4.67. The second-order valence-electron chi connectivity index (χ2n) is 9.57. The number of halogens is 7. The summed E-state index contributed by atoms with van der Waals surface area (Å²) in [6.07, 6.45) is -7.79. The van der Waals surface area contributed by atoms with Crippen molar-refractivity contribution in [1.82, 2.24) is 4.90 Å². The van der Waals surface area contributed by atoms with Crippen molar-refractivity contribution in [3.05, 3.63) is 64.7 Å². The highest BCUT2D eigenvalue weighted by Gasteiger charge is 2.45. The van der Waals surface area contributed by atoms with E-state index in [0.29, 0.717) is 23.9 Å². The molecule has 11 heteroatoms. The van der Waals surface area contributed by atoms with Crippen molar-refractivity contribution in [2.24, 2.45) is 5.92 Å². The summed E-state index contributed by atoms with van der Waals surface area (Å²) >= 11 is 0. The average Bonchev–Trinajstić information content (AvgIpc) is 3.59. The van der Waals surface area contributed by atoms with Crippen LogP contribution >= 0.6 is 0 Å². The van der Waals surface area contributed by atoms with Crippen LogP contribution < -0.4 is 4.74 Å². The number of benzene rings is 2. The molecule has 1 aliphatic heterocycles. The predicted molar refractivity (Wildman–Crippen MR) is 115 cm³/mol. The first kappa shape index (κ1) is 26.2. The van der Waals surface area contributed by atoms with Crippen molar-refractivity contribution in [2.75, 3.05) is 19.7 Å². The number of nitrogens with zero attached hydrogens (tertiary/aromatic N) is 1. The van der Waals surface area contributed by atoms with Gasteiger partial charge in [0.05, 0.1) is 17.5 Å². The Balaban J connectivity index is 1.38. The van der Waals surface area contributed by atoms with Gasteiger partial charge in [0.1, 0.15) is 12.4 Å². The summed E-state index contributed by atoms with van der Waals surface area (Å²) in [6.45, 7) is -1.49. The number of likely N-dealkylation sites (tertiary alicyclic amines) is 1. The maximum absolute atomic E-state index is 15.1. The molecule has 1 unspecified atom stereocenters. The number of ether oxygens (including phenoxy) is 1. The molecule has 1 saturated carbocycles. The molecule has 4 rings (SSSR count). The van der Waals surface area contributed by atoms with Gasteiger partial charge in [-0.3, -0.25) is 9.69 Å². The molecule has 4 nitrogen and oxygen atoms in total. The van der Waals surface area contributed by atoms with Crippen molar-refractivity contribution in [2.45, 2.75) is 49.7 Å². The van der Waals surface area contributed by atoms with Gasteiger partial charge in [-0.2, -0.15) is 26.3 Å². The molecule has 1 N–H and O–H groups in total. The number of hydrogen-bond donors (Lipinski definition) is 1. The summed E-state index contributed by atoms with van der Waals surface area (Å²) in [5, 5.41) is 9.18. The number of alkyl halides is 7. The fourth-order valence-corrected chi connectivity index (χ4v) is 4.67. The molecule has 1 saturated heterocycles. The summed E-state index contributed by atoms with van der Waals surface area (Å²) in [7, 11) is 0. The third-order valence-electron chi connectivity index (χ3n) is 6.52.